The smallest absolute Gasteiger partial charge is 0.354 e. The normalized spacial score (nSPS) is 12.8. The Morgan fingerprint density at radius 2 is 1.90 bits per heavy atom. The SMILES string of the molecule is O=C(Nc1ccnc(C(=O)O)c1)c1ccc2c(c1)CCC2. The van der Waals surface area contributed by atoms with E-state index in [0.29, 0.717) is 11.3 Å². The average Bonchev–Trinajstić information content (AvgIpc) is 2.94. The number of fused-ring (bicyclic) bond motifs is 1. The molecule has 21 heavy (non-hydrogen) atoms. The summed E-state index contributed by atoms with van der Waals surface area (Å²) in [5.74, 6) is -1.36. The van der Waals surface area contributed by atoms with Gasteiger partial charge in [-0.25, -0.2) is 9.78 Å². The number of nitrogens with zero attached hydrogens (tertiary/aromatic N) is 1. The van der Waals surface area contributed by atoms with E-state index in [4.69, 9.17) is 5.11 Å². The van der Waals surface area contributed by atoms with Crippen LogP contribution < -0.4 is 5.32 Å². The monoisotopic (exact) mass is 282 g/mol. The van der Waals surface area contributed by atoms with E-state index in [0.717, 1.165) is 19.3 Å². The van der Waals surface area contributed by atoms with E-state index < -0.39 is 5.97 Å². The van der Waals surface area contributed by atoms with Crippen LogP contribution in [0.25, 0.3) is 0 Å². The predicted molar refractivity (Wildman–Crippen MR) is 77.6 cm³/mol. The number of rotatable bonds is 3. The van der Waals surface area contributed by atoms with Gasteiger partial charge in [0.15, 0.2) is 0 Å². The van der Waals surface area contributed by atoms with Gasteiger partial charge >= 0.3 is 5.97 Å². The lowest BCUT2D eigenvalue weighted by Crippen LogP contribution is -2.13. The molecule has 0 unspecified atom stereocenters. The number of aryl methyl sites for hydroxylation is 2. The van der Waals surface area contributed by atoms with Crippen LogP contribution in [0.4, 0.5) is 5.69 Å². The molecule has 0 spiro atoms. The van der Waals surface area contributed by atoms with Gasteiger partial charge in [0.25, 0.3) is 5.91 Å². The molecule has 3 rings (SSSR count). The third kappa shape index (κ3) is 2.76. The highest BCUT2D eigenvalue weighted by molar-refractivity contribution is 6.04. The fourth-order valence-corrected chi connectivity index (χ4v) is 2.54. The summed E-state index contributed by atoms with van der Waals surface area (Å²) in [6, 6.07) is 8.62. The number of carboxylic acids is 1. The second kappa shape index (κ2) is 5.36. The van der Waals surface area contributed by atoms with Crippen LogP contribution in [0.15, 0.2) is 36.5 Å². The molecule has 0 fully saturated rings. The summed E-state index contributed by atoms with van der Waals surface area (Å²) >= 11 is 0. The average molecular weight is 282 g/mol. The maximum Gasteiger partial charge on any atom is 0.354 e. The molecule has 1 amide bonds. The van der Waals surface area contributed by atoms with Crippen molar-refractivity contribution in [2.24, 2.45) is 0 Å². The lowest BCUT2D eigenvalue weighted by molar-refractivity contribution is 0.0690. The van der Waals surface area contributed by atoms with E-state index >= 15 is 0 Å². The highest BCUT2D eigenvalue weighted by Crippen LogP contribution is 2.23. The van der Waals surface area contributed by atoms with Crippen LogP contribution in [-0.4, -0.2) is 22.0 Å². The fourth-order valence-electron chi connectivity index (χ4n) is 2.54. The first-order valence-corrected chi connectivity index (χ1v) is 6.76. The highest BCUT2D eigenvalue weighted by Gasteiger charge is 2.14. The fraction of sp³-hybridized carbons (Fsp3) is 0.188. The zero-order chi connectivity index (χ0) is 14.8. The molecule has 1 aromatic carbocycles. The third-order valence-corrected chi connectivity index (χ3v) is 3.60. The Balaban J connectivity index is 1.80. The van der Waals surface area contributed by atoms with Gasteiger partial charge in [-0.05, 0) is 54.7 Å². The first-order chi connectivity index (χ1) is 10.1. The van der Waals surface area contributed by atoms with Gasteiger partial charge in [-0.3, -0.25) is 4.79 Å². The summed E-state index contributed by atoms with van der Waals surface area (Å²) in [4.78, 5) is 26.8. The second-order valence-electron chi connectivity index (χ2n) is 5.03. The molecular formula is C16H14N2O3. The molecule has 5 nitrogen and oxygen atoms in total. The summed E-state index contributed by atoms with van der Waals surface area (Å²) in [5, 5.41) is 11.6. The summed E-state index contributed by atoms with van der Waals surface area (Å²) in [6.45, 7) is 0. The van der Waals surface area contributed by atoms with Crippen LogP contribution in [0.3, 0.4) is 0 Å². The van der Waals surface area contributed by atoms with E-state index in [1.165, 1.54) is 23.4 Å². The van der Waals surface area contributed by atoms with Crippen LogP contribution in [-0.2, 0) is 12.8 Å². The van der Waals surface area contributed by atoms with Gasteiger partial charge in [0.1, 0.15) is 5.69 Å². The number of carbonyl (C=O) groups is 2. The zero-order valence-corrected chi connectivity index (χ0v) is 11.3. The Hall–Kier alpha value is -2.69. The largest absolute Gasteiger partial charge is 0.477 e. The summed E-state index contributed by atoms with van der Waals surface area (Å²) < 4.78 is 0. The van der Waals surface area contributed by atoms with E-state index in [1.807, 2.05) is 12.1 Å². The molecular weight excluding hydrogens is 268 g/mol. The zero-order valence-electron chi connectivity index (χ0n) is 11.3. The lowest BCUT2D eigenvalue weighted by Gasteiger charge is -2.07. The Kier molecular flexibility index (Phi) is 3.39. The number of aromatic nitrogens is 1. The van der Waals surface area contributed by atoms with Crippen LogP contribution >= 0.6 is 0 Å². The molecule has 0 saturated heterocycles. The van der Waals surface area contributed by atoms with E-state index in [-0.39, 0.29) is 11.6 Å². The minimum Gasteiger partial charge on any atom is -0.477 e. The Bertz CT molecular complexity index is 725. The number of hydrogen-bond donors (Lipinski definition) is 2. The number of hydrogen-bond acceptors (Lipinski definition) is 3. The number of amides is 1. The summed E-state index contributed by atoms with van der Waals surface area (Å²) in [5.41, 5.74) is 3.45. The maximum atomic E-state index is 12.2. The Labute approximate surface area is 121 Å². The van der Waals surface area contributed by atoms with Gasteiger partial charge in [0.05, 0.1) is 0 Å². The molecule has 106 valence electrons. The number of aromatic carboxylic acids is 1. The van der Waals surface area contributed by atoms with Crippen molar-refractivity contribution < 1.29 is 14.7 Å². The van der Waals surface area contributed by atoms with Crippen molar-refractivity contribution in [1.29, 1.82) is 0 Å². The lowest BCUT2D eigenvalue weighted by atomic mass is 10.1. The number of anilines is 1. The van der Waals surface area contributed by atoms with Crippen LogP contribution in [0.5, 0.6) is 0 Å². The van der Waals surface area contributed by atoms with E-state index in [1.54, 1.807) is 12.1 Å². The summed E-state index contributed by atoms with van der Waals surface area (Å²) in [6.07, 6.45) is 4.58. The molecule has 0 radical (unpaired) electrons. The molecule has 1 aliphatic rings. The molecule has 1 heterocycles. The number of carbonyl (C=O) groups excluding carboxylic acids is 1. The van der Waals surface area contributed by atoms with E-state index in [2.05, 4.69) is 10.3 Å². The molecule has 0 saturated carbocycles. The quantitative estimate of drug-likeness (QED) is 0.906. The first-order valence-electron chi connectivity index (χ1n) is 6.76. The first kappa shape index (κ1) is 13.3. The Morgan fingerprint density at radius 3 is 2.71 bits per heavy atom. The van der Waals surface area contributed by atoms with Crippen LogP contribution in [0.2, 0.25) is 0 Å². The van der Waals surface area contributed by atoms with Crippen LogP contribution in [0, 0.1) is 0 Å². The molecule has 0 atom stereocenters. The number of benzene rings is 1. The van der Waals surface area contributed by atoms with Gasteiger partial charge < -0.3 is 10.4 Å². The highest BCUT2D eigenvalue weighted by atomic mass is 16.4. The standard InChI is InChI=1S/C16H14N2O3/c19-15(12-5-4-10-2-1-3-11(10)8-12)18-13-6-7-17-14(9-13)16(20)21/h4-9H,1-3H2,(H,20,21)(H,17,18,19). The minimum atomic E-state index is -1.12. The molecule has 0 bridgehead atoms. The molecule has 1 aliphatic carbocycles. The molecule has 1 aromatic heterocycles. The topological polar surface area (TPSA) is 79.3 Å². The van der Waals surface area contributed by atoms with Crippen molar-refractivity contribution in [2.75, 3.05) is 5.32 Å². The third-order valence-electron chi connectivity index (χ3n) is 3.60. The minimum absolute atomic E-state index is 0.0956. The van der Waals surface area contributed by atoms with Gasteiger partial charge in [-0.1, -0.05) is 6.07 Å². The molecule has 5 heteroatoms. The van der Waals surface area contributed by atoms with Crippen LogP contribution in [0.1, 0.15) is 38.4 Å². The summed E-state index contributed by atoms with van der Waals surface area (Å²) in [7, 11) is 0. The molecule has 2 N–H and O–H groups in total. The van der Waals surface area contributed by atoms with Crippen molar-refractivity contribution in [3.05, 3.63) is 58.9 Å². The molecule has 2 aromatic rings. The van der Waals surface area contributed by atoms with Crippen molar-refractivity contribution in [3.8, 4) is 0 Å². The second-order valence-corrected chi connectivity index (χ2v) is 5.03. The number of nitrogens with one attached hydrogen (secondary N) is 1. The van der Waals surface area contributed by atoms with Gasteiger partial charge in [-0.2, -0.15) is 0 Å². The molecule has 0 aliphatic heterocycles. The van der Waals surface area contributed by atoms with E-state index in [9.17, 15) is 9.59 Å². The van der Waals surface area contributed by atoms with Gasteiger partial charge in [0.2, 0.25) is 0 Å². The van der Waals surface area contributed by atoms with Gasteiger partial charge in [0, 0.05) is 17.4 Å². The predicted octanol–water partition coefficient (Wildman–Crippen LogP) is 2.52. The maximum absolute atomic E-state index is 12.2. The van der Waals surface area contributed by atoms with Crippen molar-refractivity contribution in [2.45, 2.75) is 19.3 Å². The Morgan fingerprint density at radius 1 is 1.10 bits per heavy atom. The van der Waals surface area contributed by atoms with Crippen molar-refractivity contribution in [1.82, 2.24) is 4.98 Å². The van der Waals surface area contributed by atoms with Crippen molar-refractivity contribution >= 4 is 17.6 Å². The number of pyridine rings is 1. The van der Waals surface area contributed by atoms with Gasteiger partial charge in [-0.15, -0.1) is 0 Å². The van der Waals surface area contributed by atoms with Crippen molar-refractivity contribution in [3.63, 3.8) is 0 Å². The number of carboxylic acid groups (broad SMARTS) is 1.